The van der Waals surface area contributed by atoms with Crippen LogP contribution in [0.3, 0.4) is 0 Å². The first-order valence-corrected chi connectivity index (χ1v) is 21.7. The van der Waals surface area contributed by atoms with Crippen LogP contribution in [0.25, 0.3) is 16.1 Å². The van der Waals surface area contributed by atoms with Gasteiger partial charge in [0.2, 0.25) is 0 Å². The van der Waals surface area contributed by atoms with Crippen molar-refractivity contribution >= 4 is 46.8 Å². The molecule has 0 bridgehead atoms. The molecule has 0 fully saturated rings. The zero-order valence-electron chi connectivity index (χ0n) is 28.5. The van der Waals surface area contributed by atoms with Gasteiger partial charge < -0.3 is 24.8 Å². The highest BCUT2D eigenvalue weighted by Gasteiger charge is 2.30. The fourth-order valence-electron chi connectivity index (χ4n) is 4.79. The van der Waals surface area contributed by atoms with Gasteiger partial charge in [-0.05, 0) is 67.4 Å². The topological polar surface area (TPSA) is 148 Å². The van der Waals surface area contributed by atoms with Crippen molar-refractivity contribution in [3.63, 3.8) is 0 Å². The lowest BCUT2D eigenvalue weighted by Crippen LogP contribution is -2.46. The Morgan fingerprint density at radius 1 is 1.18 bits per heavy atom. The Hall–Kier alpha value is -2.59. The molecule has 3 aromatic rings. The van der Waals surface area contributed by atoms with E-state index in [-0.39, 0.29) is 35.9 Å². The molecule has 0 aliphatic heterocycles. The molecule has 0 aromatic carbocycles. The molecule has 2 atom stereocenters. The summed E-state index contributed by atoms with van der Waals surface area (Å²) in [5.74, 6) is 0.262. The number of carbonyl (C=O) groups excluding carboxylic acids is 1. The van der Waals surface area contributed by atoms with E-state index in [1.165, 1.54) is 15.9 Å². The highest BCUT2D eigenvalue weighted by Crippen LogP contribution is 2.35. The minimum Gasteiger partial charge on any atom is -0.444 e. The number of sulfone groups is 1. The van der Waals surface area contributed by atoms with E-state index in [1.807, 2.05) is 41.5 Å². The minimum absolute atomic E-state index is 0.0352. The smallest absolute Gasteiger partial charge is 0.410 e. The van der Waals surface area contributed by atoms with Crippen LogP contribution >= 0.6 is 11.3 Å². The van der Waals surface area contributed by atoms with E-state index in [0.717, 1.165) is 17.2 Å². The molecule has 1 unspecified atom stereocenters. The van der Waals surface area contributed by atoms with Crippen LogP contribution in [0.5, 0.6) is 0 Å². The summed E-state index contributed by atoms with van der Waals surface area (Å²) < 4.78 is 39.8. The first-order chi connectivity index (χ1) is 20.7. The number of amides is 1. The molecule has 45 heavy (non-hydrogen) atoms. The molecule has 3 aromatic heterocycles. The normalized spacial score (nSPS) is 14.2. The molecule has 15 heteroatoms. The summed E-state index contributed by atoms with van der Waals surface area (Å²) in [5, 5.41) is 18.3. The molecule has 1 amide bonds. The molecule has 0 saturated heterocycles. The van der Waals surface area contributed by atoms with Crippen LogP contribution in [0.2, 0.25) is 25.7 Å². The van der Waals surface area contributed by atoms with Gasteiger partial charge in [-0.25, -0.2) is 23.2 Å². The van der Waals surface area contributed by atoms with Crippen molar-refractivity contribution in [2.24, 2.45) is 0 Å². The highest BCUT2D eigenvalue weighted by molar-refractivity contribution is 7.91. The molecule has 0 spiro atoms. The van der Waals surface area contributed by atoms with Gasteiger partial charge in [-0.1, -0.05) is 19.6 Å². The minimum atomic E-state index is -3.79. The van der Waals surface area contributed by atoms with Gasteiger partial charge in [-0.2, -0.15) is 9.61 Å². The fourth-order valence-corrected chi connectivity index (χ4v) is 7.49. The maximum atomic E-state index is 13.4. The Bertz CT molecular complexity index is 1570. The third-order valence-corrected chi connectivity index (χ3v) is 11.0. The predicted octanol–water partition coefficient (Wildman–Crippen LogP) is 6.00. The number of nitrogens with zero attached hydrogens (tertiary/aromatic N) is 5. The van der Waals surface area contributed by atoms with Gasteiger partial charge in [0, 0.05) is 39.2 Å². The standard InChI is InChI=1S/C30H50N6O6S2Si/c1-19(2)35(29(38)42-30(5,6)7)20(3)12-13-23-25(44(8,39)40)27(32-18-41-14-15-45(9,10)11)36-26(34-23)22(16-33-36)24-17-31-28(43-24)21(4)37/h16-17,19-21,32,37H,12-15,18H2,1-11H3/t20-,21?/m1/s1. The molecule has 0 saturated carbocycles. The van der Waals surface area contributed by atoms with Gasteiger partial charge >= 0.3 is 6.09 Å². The van der Waals surface area contributed by atoms with Crippen molar-refractivity contribution in [2.45, 2.75) is 116 Å². The third-order valence-electron chi connectivity index (χ3n) is 6.96. The van der Waals surface area contributed by atoms with Crippen LogP contribution < -0.4 is 5.32 Å². The molecule has 0 aliphatic rings. The van der Waals surface area contributed by atoms with Crippen LogP contribution in [0.4, 0.5) is 10.6 Å². The zero-order valence-corrected chi connectivity index (χ0v) is 31.1. The van der Waals surface area contributed by atoms with Gasteiger partial charge in [-0.3, -0.25) is 0 Å². The first kappa shape index (κ1) is 36.9. The largest absolute Gasteiger partial charge is 0.444 e. The lowest BCUT2D eigenvalue weighted by molar-refractivity contribution is 0.00953. The van der Waals surface area contributed by atoms with E-state index in [1.54, 1.807) is 24.2 Å². The Labute approximate surface area is 272 Å². The van der Waals surface area contributed by atoms with E-state index in [2.05, 4.69) is 35.0 Å². The van der Waals surface area contributed by atoms with Gasteiger partial charge in [0.15, 0.2) is 21.3 Å². The average molecular weight is 683 g/mol. The number of carbonyl (C=O) groups is 1. The number of anilines is 1. The third kappa shape index (κ3) is 9.95. The van der Waals surface area contributed by atoms with Gasteiger partial charge in [0.1, 0.15) is 28.3 Å². The summed E-state index contributed by atoms with van der Waals surface area (Å²) in [6, 6.07) is 0.558. The zero-order chi connectivity index (χ0) is 33.9. The van der Waals surface area contributed by atoms with Crippen molar-refractivity contribution in [3.05, 3.63) is 23.1 Å². The summed E-state index contributed by atoms with van der Waals surface area (Å²) in [4.78, 5) is 24.8. The van der Waals surface area contributed by atoms with Crippen molar-refractivity contribution in [1.29, 1.82) is 0 Å². The Balaban J connectivity index is 2.08. The maximum Gasteiger partial charge on any atom is 0.410 e. The molecular weight excluding hydrogens is 633 g/mol. The van der Waals surface area contributed by atoms with Crippen molar-refractivity contribution in [2.75, 3.05) is 24.9 Å². The summed E-state index contributed by atoms with van der Waals surface area (Å²) >= 11 is 1.32. The van der Waals surface area contributed by atoms with Crippen LogP contribution in [0.1, 0.15) is 71.7 Å². The number of aryl methyl sites for hydroxylation is 1. The van der Waals surface area contributed by atoms with Gasteiger partial charge in [-0.15, -0.1) is 11.3 Å². The quantitative estimate of drug-likeness (QED) is 0.118. The Morgan fingerprint density at radius 2 is 1.84 bits per heavy atom. The van der Waals surface area contributed by atoms with Gasteiger partial charge in [0.25, 0.3) is 0 Å². The van der Waals surface area contributed by atoms with Crippen LogP contribution in [-0.2, 0) is 25.7 Å². The molecule has 252 valence electrons. The number of aliphatic hydroxyl groups is 1. The number of aliphatic hydroxyl groups excluding tert-OH is 1. The van der Waals surface area contributed by atoms with Crippen LogP contribution in [-0.4, -0.2) is 89.5 Å². The summed E-state index contributed by atoms with van der Waals surface area (Å²) in [6.07, 6.45) is 3.99. The SMILES string of the molecule is CC(O)c1ncc(-c2cnn3c(NCOCC[Si](C)(C)C)c(S(C)(=O)=O)c(CC[C@@H](C)N(C(=O)OC(C)(C)C)C(C)C)nc23)s1. The Kier molecular flexibility index (Phi) is 11.8. The molecule has 2 N–H and O–H groups in total. The van der Waals surface area contributed by atoms with E-state index >= 15 is 0 Å². The summed E-state index contributed by atoms with van der Waals surface area (Å²) in [6.45, 7) is 20.3. The number of fused-ring (bicyclic) bond motifs is 1. The lowest BCUT2D eigenvalue weighted by atomic mass is 10.1. The van der Waals surface area contributed by atoms with Crippen molar-refractivity contribution < 1.29 is 27.8 Å². The van der Waals surface area contributed by atoms with E-state index in [4.69, 9.17) is 14.5 Å². The average Bonchev–Trinajstić information content (AvgIpc) is 3.51. The lowest BCUT2D eigenvalue weighted by Gasteiger charge is -2.34. The van der Waals surface area contributed by atoms with Gasteiger partial charge in [0.05, 0.1) is 22.3 Å². The maximum absolute atomic E-state index is 13.4. The highest BCUT2D eigenvalue weighted by atomic mass is 32.2. The molecular formula is C30H50N6O6S2Si. The summed E-state index contributed by atoms with van der Waals surface area (Å²) in [7, 11) is -5.11. The molecule has 3 rings (SSSR count). The van der Waals surface area contributed by atoms with E-state index in [0.29, 0.717) is 34.9 Å². The number of thiazole rings is 1. The second-order valence-electron chi connectivity index (χ2n) is 13.9. The molecule has 0 radical (unpaired) electrons. The molecule has 3 heterocycles. The number of hydrogen-bond acceptors (Lipinski definition) is 11. The van der Waals surface area contributed by atoms with Crippen molar-refractivity contribution in [3.8, 4) is 10.4 Å². The van der Waals surface area contributed by atoms with Crippen LogP contribution in [0, 0.1) is 0 Å². The first-order valence-electron chi connectivity index (χ1n) is 15.3. The number of ether oxygens (including phenoxy) is 2. The number of aromatic nitrogens is 4. The monoisotopic (exact) mass is 682 g/mol. The number of rotatable bonds is 14. The predicted molar refractivity (Wildman–Crippen MR) is 181 cm³/mol. The molecule has 12 nitrogen and oxygen atoms in total. The fraction of sp³-hybridized carbons (Fsp3) is 0.667. The Morgan fingerprint density at radius 3 is 2.38 bits per heavy atom. The number of hydrogen-bond donors (Lipinski definition) is 2. The second kappa shape index (κ2) is 14.4. The van der Waals surface area contributed by atoms with E-state index in [9.17, 15) is 18.3 Å². The van der Waals surface area contributed by atoms with E-state index < -0.39 is 35.7 Å². The second-order valence-corrected chi connectivity index (χ2v) is 22.6. The van der Waals surface area contributed by atoms with Crippen molar-refractivity contribution in [1.82, 2.24) is 24.5 Å². The molecule has 0 aliphatic carbocycles. The summed E-state index contributed by atoms with van der Waals surface area (Å²) in [5.41, 5.74) is 0.814. The van der Waals surface area contributed by atoms with Crippen LogP contribution in [0.15, 0.2) is 17.3 Å². The number of nitrogens with one attached hydrogen (secondary N) is 1.